The third-order valence-corrected chi connectivity index (χ3v) is 6.21. The highest BCUT2D eigenvalue weighted by Crippen LogP contribution is 2.31. The Hall–Kier alpha value is -1.82. The summed E-state index contributed by atoms with van der Waals surface area (Å²) in [6, 6.07) is 2.19. The van der Waals surface area contributed by atoms with Crippen molar-refractivity contribution in [1.82, 2.24) is 9.88 Å². The number of amides is 2. The van der Waals surface area contributed by atoms with E-state index in [0.29, 0.717) is 22.7 Å². The minimum atomic E-state index is -0.138. The van der Waals surface area contributed by atoms with Gasteiger partial charge in [-0.2, -0.15) is 0 Å². The van der Waals surface area contributed by atoms with Crippen molar-refractivity contribution in [2.45, 2.75) is 64.3 Å². The number of halogens is 1. The molecule has 2 fully saturated rings. The third kappa shape index (κ3) is 5.60. The standard InChI is InChI=1S/C21H31ClN4O2/c1-16(28)24-18-12-20(22)21(23-13-18)25-10-5-6-17(14-25)9-11-26(15-27)19-7-3-2-4-8-19/h12-13,15,17,19H,2-11,14H2,1H3,(H,24,28). The highest BCUT2D eigenvalue weighted by atomic mass is 35.5. The Morgan fingerprint density at radius 2 is 2.11 bits per heavy atom. The molecule has 2 amide bonds. The van der Waals surface area contributed by atoms with E-state index in [1.807, 2.05) is 4.90 Å². The lowest BCUT2D eigenvalue weighted by Crippen LogP contribution is -2.40. The summed E-state index contributed by atoms with van der Waals surface area (Å²) in [5.74, 6) is 1.18. The number of aromatic nitrogens is 1. The Labute approximate surface area is 172 Å². The van der Waals surface area contributed by atoms with Gasteiger partial charge in [0.15, 0.2) is 0 Å². The van der Waals surface area contributed by atoms with Gasteiger partial charge >= 0.3 is 0 Å². The van der Waals surface area contributed by atoms with Crippen molar-refractivity contribution in [3.8, 4) is 0 Å². The summed E-state index contributed by atoms with van der Waals surface area (Å²) in [7, 11) is 0. The quantitative estimate of drug-likeness (QED) is 0.692. The molecule has 1 aliphatic carbocycles. The molecule has 1 unspecified atom stereocenters. The second kappa shape index (κ2) is 10.1. The maximum atomic E-state index is 11.6. The van der Waals surface area contributed by atoms with Gasteiger partial charge in [-0.3, -0.25) is 9.59 Å². The maximum Gasteiger partial charge on any atom is 0.221 e. The molecule has 1 N–H and O–H groups in total. The van der Waals surface area contributed by atoms with E-state index in [2.05, 4.69) is 15.2 Å². The second-order valence-corrected chi connectivity index (χ2v) is 8.50. The van der Waals surface area contributed by atoms with Gasteiger partial charge in [-0.05, 0) is 44.1 Å². The first kappa shape index (κ1) is 20.9. The highest BCUT2D eigenvalue weighted by Gasteiger charge is 2.25. The second-order valence-electron chi connectivity index (χ2n) is 8.09. The van der Waals surface area contributed by atoms with Crippen LogP contribution in [0.2, 0.25) is 5.02 Å². The van der Waals surface area contributed by atoms with Gasteiger partial charge in [-0.25, -0.2) is 4.98 Å². The number of carbonyl (C=O) groups is 2. The number of hydrogen-bond acceptors (Lipinski definition) is 4. The summed E-state index contributed by atoms with van der Waals surface area (Å²) in [5.41, 5.74) is 0.615. The molecule has 1 saturated carbocycles. The molecule has 0 radical (unpaired) electrons. The van der Waals surface area contributed by atoms with Crippen molar-refractivity contribution in [2.24, 2.45) is 5.92 Å². The number of carbonyl (C=O) groups excluding carboxylic acids is 2. The van der Waals surface area contributed by atoms with Crippen LogP contribution in [0.3, 0.4) is 0 Å². The minimum Gasteiger partial charge on any atom is -0.355 e. The Morgan fingerprint density at radius 1 is 1.32 bits per heavy atom. The average molecular weight is 407 g/mol. The van der Waals surface area contributed by atoms with Crippen molar-refractivity contribution in [3.05, 3.63) is 17.3 Å². The first-order valence-electron chi connectivity index (χ1n) is 10.5. The monoisotopic (exact) mass is 406 g/mol. The maximum absolute atomic E-state index is 11.6. The first-order chi connectivity index (χ1) is 13.6. The van der Waals surface area contributed by atoms with Crippen LogP contribution in [0.4, 0.5) is 11.5 Å². The zero-order chi connectivity index (χ0) is 19.9. The summed E-state index contributed by atoms with van der Waals surface area (Å²) < 4.78 is 0. The molecule has 1 atom stereocenters. The van der Waals surface area contributed by atoms with Gasteiger partial charge in [0.05, 0.1) is 16.9 Å². The van der Waals surface area contributed by atoms with E-state index in [0.717, 1.165) is 57.5 Å². The van der Waals surface area contributed by atoms with Gasteiger partial charge in [0.1, 0.15) is 5.82 Å². The van der Waals surface area contributed by atoms with E-state index >= 15 is 0 Å². The van der Waals surface area contributed by atoms with Crippen LogP contribution in [-0.2, 0) is 9.59 Å². The normalized spacial score (nSPS) is 20.6. The number of nitrogens with one attached hydrogen (secondary N) is 1. The SMILES string of the molecule is CC(=O)Nc1cnc(N2CCCC(CCN(C=O)C3CCCCC3)C2)c(Cl)c1. The van der Waals surface area contributed by atoms with Crippen molar-refractivity contribution in [3.63, 3.8) is 0 Å². The Morgan fingerprint density at radius 3 is 2.79 bits per heavy atom. The molecule has 6 nitrogen and oxygen atoms in total. The van der Waals surface area contributed by atoms with Crippen LogP contribution in [0, 0.1) is 5.92 Å². The minimum absolute atomic E-state index is 0.138. The van der Waals surface area contributed by atoms with E-state index < -0.39 is 0 Å². The lowest BCUT2D eigenvalue weighted by Gasteiger charge is -2.36. The third-order valence-electron chi connectivity index (χ3n) is 5.94. The van der Waals surface area contributed by atoms with Crippen LogP contribution in [0.1, 0.15) is 58.3 Å². The van der Waals surface area contributed by atoms with Crippen LogP contribution >= 0.6 is 11.6 Å². The molecule has 0 spiro atoms. The molecule has 154 valence electrons. The Kier molecular flexibility index (Phi) is 7.54. The zero-order valence-corrected chi connectivity index (χ0v) is 17.5. The van der Waals surface area contributed by atoms with Gasteiger partial charge in [-0.1, -0.05) is 30.9 Å². The number of piperidine rings is 1. The van der Waals surface area contributed by atoms with Crippen molar-refractivity contribution < 1.29 is 9.59 Å². The topological polar surface area (TPSA) is 65.5 Å². The molecule has 28 heavy (non-hydrogen) atoms. The molecule has 1 aromatic heterocycles. The number of nitrogens with zero attached hydrogens (tertiary/aromatic N) is 3. The van der Waals surface area contributed by atoms with E-state index in [1.165, 1.54) is 32.6 Å². The molecule has 3 rings (SSSR count). The summed E-state index contributed by atoms with van der Waals surface area (Å²) in [5, 5.41) is 3.27. The van der Waals surface area contributed by atoms with E-state index in [9.17, 15) is 9.59 Å². The molecule has 7 heteroatoms. The summed E-state index contributed by atoms with van der Waals surface area (Å²) in [4.78, 5) is 31.5. The fourth-order valence-electron chi connectivity index (χ4n) is 4.49. The summed E-state index contributed by atoms with van der Waals surface area (Å²) >= 11 is 6.44. The molecular weight excluding hydrogens is 376 g/mol. The molecule has 0 bridgehead atoms. The number of hydrogen-bond donors (Lipinski definition) is 1. The van der Waals surface area contributed by atoms with Crippen LogP contribution in [0.25, 0.3) is 0 Å². The number of rotatable bonds is 7. The van der Waals surface area contributed by atoms with Crippen molar-refractivity contribution >= 4 is 35.4 Å². The number of pyridine rings is 1. The van der Waals surface area contributed by atoms with Crippen molar-refractivity contribution in [1.29, 1.82) is 0 Å². The van der Waals surface area contributed by atoms with Gasteiger partial charge in [0.2, 0.25) is 12.3 Å². The van der Waals surface area contributed by atoms with Crippen LogP contribution < -0.4 is 10.2 Å². The smallest absolute Gasteiger partial charge is 0.221 e. The van der Waals surface area contributed by atoms with Gasteiger partial charge in [-0.15, -0.1) is 0 Å². The van der Waals surface area contributed by atoms with Gasteiger partial charge in [0, 0.05) is 32.6 Å². The lowest BCUT2D eigenvalue weighted by molar-refractivity contribution is -0.121. The van der Waals surface area contributed by atoms with E-state index in [4.69, 9.17) is 11.6 Å². The zero-order valence-electron chi connectivity index (χ0n) is 16.7. The predicted molar refractivity (Wildman–Crippen MR) is 113 cm³/mol. The lowest BCUT2D eigenvalue weighted by atomic mass is 9.92. The van der Waals surface area contributed by atoms with Crippen LogP contribution in [0.15, 0.2) is 12.3 Å². The Bertz CT molecular complexity index is 678. The summed E-state index contributed by atoms with van der Waals surface area (Å²) in [6.07, 6.45) is 12.1. The number of anilines is 2. The van der Waals surface area contributed by atoms with E-state index in [1.54, 1.807) is 12.3 Å². The van der Waals surface area contributed by atoms with Crippen LogP contribution in [-0.4, -0.2) is 47.9 Å². The van der Waals surface area contributed by atoms with Crippen LogP contribution in [0.5, 0.6) is 0 Å². The average Bonchev–Trinajstić information content (AvgIpc) is 2.69. The van der Waals surface area contributed by atoms with E-state index in [-0.39, 0.29) is 5.91 Å². The predicted octanol–water partition coefficient (Wildman–Crippen LogP) is 4.09. The molecule has 1 aromatic rings. The molecule has 2 aliphatic rings. The first-order valence-corrected chi connectivity index (χ1v) is 10.8. The highest BCUT2D eigenvalue weighted by molar-refractivity contribution is 6.33. The summed E-state index contributed by atoms with van der Waals surface area (Å²) in [6.45, 7) is 4.15. The molecular formula is C21H31ClN4O2. The Balaban J connectivity index is 1.56. The van der Waals surface area contributed by atoms with Gasteiger partial charge < -0.3 is 15.1 Å². The largest absolute Gasteiger partial charge is 0.355 e. The fourth-order valence-corrected chi connectivity index (χ4v) is 4.78. The van der Waals surface area contributed by atoms with Gasteiger partial charge in [0.25, 0.3) is 0 Å². The van der Waals surface area contributed by atoms with Crippen molar-refractivity contribution in [2.75, 3.05) is 29.9 Å². The molecule has 2 heterocycles. The fraction of sp³-hybridized carbons (Fsp3) is 0.667. The molecule has 0 aromatic carbocycles. The molecule has 1 aliphatic heterocycles. The molecule has 1 saturated heterocycles.